The van der Waals surface area contributed by atoms with Crippen molar-refractivity contribution in [3.05, 3.63) is 59.9 Å². The van der Waals surface area contributed by atoms with Crippen LogP contribution in [-0.4, -0.2) is 47.6 Å². The topological polar surface area (TPSA) is 28.6 Å². The van der Waals surface area contributed by atoms with Gasteiger partial charge in [-0.25, -0.2) is 0 Å². The number of aromatic nitrogens is 1. The second-order valence-corrected chi connectivity index (χ2v) is 6.26. The monoisotopic (exact) mass is 311 g/mol. The molecular weight excluding hydrogens is 286 g/mol. The molecule has 2 heterocycles. The normalized spacial score (nSPS) is 19.7. The molecule has 0 amide bonds. The molecule has 1 aliphatic rings. The average molecular weight is 311 g/mol. The van der Waals surface area contributed by atoms with E-state index in [-0.39, 0.29) is 0 Å². The van der Waals surface area contributed by atoms with Crippen LogP contribution >= 0.6 is 0 Å². The van der Waals surface area contributed by atoms with Gasteiger partial charge in [-0.3, -0.25) is 14.8 Å². The van der Waals surface area contributed by atoms with Gasteiger partial charge in [0.25, 0.3) is 0 Å². The number of methoxy groups -OCH3 is 1. The van der Waals surface area contributed by atoms with E-state index in [4.69, 9.17) is 4.74 Å². The first-order valence-electron chi connectivity index (χ1n) is 8.23. The molecular formula is C19H25N3O. The van der Waals surface area contributed by atoms with Crippen molar-refractivity contribution in [2.45, 2.75) is 26.1 Å². The standard InChI is InChI=1S/C19H25N3O/c1-16-13-21(14-18-4-3-5-19(12-18)23-2)10-11-22(16)15-17-6-8-20-9-7-17/h3-9,12,16H,10-11,13-15H2,1-2H3/t16-/m0/s1. The summed E-state index contributed by atoms with van der Waals surface area (Å²) < 4.78 is 5.32. The van der Waals surface area contributed by atoms with Gasteiger partial charge in [-0.2, -0.15) is 0 Å². The molecule has 1 fully saturated rings. The molecule has 0 N–H and O–H groups in total. The molecule has 0 aliphatic carbocycles. The number of pyridine rings is 1. The molecule has 0 saturated carbocycles. The summed E-state index contributed by atoms with van der Waals surface area (Å²) in [5.74, 6) is 0.937. The Bertz CT molecular complexity index is 617. The first-order chi connectivity index (χ1) is 11.2. The van der Waals surface area contributed by atoms with Crippen LogP contribution in [0.15, 0.2) is 48.8 Å². The maximum Gasteiger partial charge on any atom is 0.119 e. The van der Waals surface area contributed by atoms with E-state index >= 15 is 0 Å². The van der Waals surface area contributed by atoms with Gasteiger partial charge < -0.3 is 4.74 Å². The van der Waals surface area contributed by atoms with Gasteiger partial charge in [0.15, 0.2) is 0 Å². The van der Waals surface area contributed by atoms with Gasteiger partial charge in [0.05, 0.1) is 7.11 Å². The van der Waals surface area contributed by atoms with Crippen LogP contribution in [0, 0.1) is 0 Å². The molecule has 122 valence electrons. The summed E-state index contributed by atoms with van der Waals surface area (Å²) in [5, 5.41) is 0. The fraction of sp³-hybridized carbons (Fsp3) is 0.421. The van der Waals surface area contributed by atoms with Gasteiger partial charge in [-0.05, 0) is 42.3 Å². The highest BCUT2D eigenvalue weighted by molar-refractivity contribution is 5.28. The van der Waals surface area contributed by atoms with Crippen molar-refractivity contribution in [2.24, 2.45) is 0 Å². The van der Waals surface area contributed by atoms with E-state index in [0.29, 0.717) is 6.04 Å². The Kier molecular flexibility index (Phi) is 5.26. The summed E-state index contributed by atoms with van der Waals surface area (Å²) in [6, 6.07) is 13.1. The Morgan fingerprint density at radius 3 is 2.65 bits per heavy atom. The van der Waals surface area contributed by atoms with Crippen LogP contribution in [0.2, 0.25) is 0 Å². The zero-order chi connectivity index (χ0) is 16.1. The number of ether oxygens (including phenoxy) is 1. The van der Waals surface area contributed by atoms with E-state index in [1.54, 1.807) is 7.11 Å². The van der Waals surface area contributed by atoms with E-state index in [0.717, 1.165) is 38.5 Å². The number of piperazine rings is 1. The van der Waals surface area contributed by atoms with Crippen LogP contribution in [0.4, 0.5) is 0 Å². The molecule has 4 nitrogen and oxygen atoms in total. The van der Waals surface area contributed by atoms with Gasteiger partial charge >= 0.3 is 0 Å². The van der Waals surface area contributed by atoms with E-state index in [2.05, 4.69) is 52.0 Å². The molecule has 1 saturated heterocycles. The molecule has 1 atom stereocenters. The smallest absolute Gasteiger partial charge is 0.119 e. The van der Waals surface area contributed by atoms with Gasteiger partial charge in [0.2, 0.25) is 0 Å². The molecule has 0 unspecified atom stereocenters. The Hall–Kier alpha value is -1.91. The van der Waals surface area contributed by atoms with Crippen molar-refractivity contribution in [3.8, 4) is 5.75 Å². The van der Waals surface area contributed by atoms with Crippen LogP contribution in [0.5, 0.6) is 5.75 Å². The quantitative estimate of drug-likeness (QED) is 0.849. The fourth-order valence-electron chi connectivity index (χ4n) is 3.20. The number of nitrogens with zero attached hydrogens (tertiary/aromatic N) is 3. The predicted octanol–water partition coefficient (Wildman–Crippen LogP) is 2.80. The van der Waals surface area contributed by atoms with E-state index < -0.39 is 0 Å². The van der Waals surface area contributed by atoms with Crippen molar-refractivity contribution < 1.29 is 4.74 Å². The van der Waals surface area contributed by atoms with Crippen molar-refractivity contribution in [2.75, 3.05) is 26.7 Å². The lowest BCUT2D eigenvalue weighted by atomic mass is 10.1. The van der Waals surface area contributed by atoms with E-state index in [1.807, 2.05) is 18.5 Å². The minimum atomic E-state index is 0.558. The number of benzene rings is 1. The first-order valence-corrected chi connectivity index (χ1v) is 8.23. The Balaban J connectivity index is 1.55. The minimum Gasteiger partial charge on any atom is -0.497 e. The highest BCUT2D eigenvalue weighted by Gasteiger charge is 2.23. The molecule has 4 heteroatoms. The third-order valence-electron chi connectivity index (χ3n) is 4.52. The molecule has 0 radical (unpaired) electrons. The average Bonchev–Trinajstić information content (AvgIpc) is 2.58. The first kappa shape index (κ1) is 16.0. The Labute approximate surface area is 138 Å². The van der Waals surface area contributed by atoms with Gasteiger partial charge in [-0.15, -0.1) is 0 Å². The molecule has 1 aromatic heterocycles. The SMILES string of the molecule is COc1cccc(CN2CCN(Cc3ccncc3)[C@@H](C)C2)c1. The van der Waals surface area contributed by atoms with Crippen LogP contribution in [0.25, 0.3) is 0 Å². The fourth-order valence-corrected chi connectivity index (χ4v) is 3.20. The van der Waals surface area contributed by atoms with E-state index in [1.165, 1.54) is 11.1 Å². The number of hydrogen-bond donors (Lipinski definition) is 0. The van der Waals surface area contributed by atoms with Crippen molar-refractivity contribution >= 4 is 0 Å². The third-order valence-corrected chi connectivity index (χ3v) is 4.52. The molecule has 0 bridgehead atoms. The van der Waals surface area contributed by atoms with Gasteiger partial charge in [0.1, 0.15) is 5.75 Å². The van der Waals surface area contributed by atoms with E-state index in [9.17, 15) is 0 Å². The van der Waals surface area contributed by atoms with Crippen LogP contribution in [-0.2, 0) is 13.1 Å². The molecule has 2 aromatic rings. The third kappa shape index (κ3) is 4.30. The predicted molar refractivity (Wildman–Crippen MR) is 92.4 cm³/mol. The van der Waals surface area contributed by atoms with Crippen molar-refractivity contribution in [3.63, 3.8) is 0 Å². The molecule has 3 rings (SSSR count). The molecule has 23 heavy (non-hydrogen) atoms. The maximum absolute atomic E-state index is 5.32. The molecule has 0 spiro atoms. The zero-order valence-corrected chi connectivity index (χ0v) is 14.0. The lowest BCUT2D eigenvalue weighted by molar-refractivity contribution is 0.0732. The van der Waals surface area contributed by atoms with Gasteiger partial charge in [-0.1, -0.05) is 12.1 Å². The summed E-state index contributed by atoms with van der Waals surface area (Å²) in [7, 11) is 1.72. The summed E-state index contributed by atoms with van der Waals surface area (Å²) in [6.07, 6.45) is 3.75. The number of rotatable bonds is 5. The summed E-state index contributed by atoms with van der Waals surface area (Å²) in [4.78, 5) is 9.18. The highest BCUT2D eigenvalue weighted by atomic mass is 16.5. The lowest BCUT2D eigenvalue weighted by Crippen LogP contribution is -2.50. The van der Waals surface area contributed by atoms with Crippen LogP contribution < -0.4 is 4.74 Å². The minimum absolute atomic E-state index is 0.558. The van der Waals surface area contributed by atoms with Crippen LogP contribution in [0.3, 0.4) is 0 Å². The second-order valence-electron chi connectivity index (χ2n) is 6.26. The summed E-state index contributed by atoms with van der Waals surface area (Å²) >= 11 is 0. The summed E-state index contributed by atoms with van der Waals surface area (Å²) in [6.45, 7) is 7.63. The molecule has 1 aromatic carbocycles. The number of hydrogen-bond acceptors (Lipinski definition) is 4. The van der Waals surface area contributed by atoms with Crippen molar-refractivity contribution in [1.29, 1.82) is 0 Å². The summed E-state index contributed by atoms with van der Waals surface area (Å²) in [5.41, 5.74) is 2.66. The lowest BCUT2D eigenvalue weighted by Gasteiger charge is -2.40. The highest BCUT2D eigenvalue weighted by Crippen LogP contribution is 2.18. The molecule has 1 aliphatic heterocycles. The largest absolute Gasteiger partial charge is 0.497 e. The van der Waals surface area contributed by atoms with Crippen LogP contribution in [0.1, 0.15) is 18.1 Å². The van der Waals surface area contributed by atoms with Gasteiger partial charge in [0, 0.05) is 51.2 Å². The van der Waals surface area contributed by atoms with Crippen molar-refractivity contribution in [1.82, 2.24) is 14.8 Å². The zero-order valence-electron chi connectivity index (χ0n) is 14.0. The maximum atomic E-state index is 5.32. The Morgan fingerprint density at radius 2 is 1.91 bits per heavy atom. The second kappa shape index (κ2) is 7.57. The Morgan fingerprint density at radius 1 is 1.09 bits per heavy atom.